The molecule has 0 saturated heterocycles. The molecular weight excluding hydrogens is 199 g/mol. The Morgan fingerprint density at radius 1 is 0.643 bits per heavy atom. The van der Waals surface area contributed by atoms with Crippen LogP contribution < -0.4 is 51.4 Å². The number of rotatable bonds is 10. The molecule has 0 heterocycles. The van der Waals surface area contributed by atoms with Crippen molar-refractivity contribution in [1.82, 2.24) is 0 Å². The zero-order chi connectivity index (χ0) is 9.78. The Bertz CT molecular complexity index is 76.4. The number of hydrogen-bond acceptors (Lipinski definition) is 1. The second-order valence-corrected chi connectivity index (χ2v) is 3.76. The van der Waals surface area contributed by atoms with Crippen LogP contribution in [0.5, 0.6) is 0 Å². The molecule has 0 aliphatic heterocycles. The Kier molecular flexibility index (Phi) is 21.8. The number of aliphatic hydroxyl groups is 1. The van der Waals surface area contributed by atoms with Crippen LogP contribution in [-0.2, 0) is 0 Å². The van der Waals surface area contributed by atoms with Crippen molar-refractivity contribution >= 4 is 0 Å². The maximum atomic E-state index is 8.56. The first-order chi connectivity index (χ1) is 6.41. The summed E-state index contributed by atoms with van der Waals surface area (Å²) in [7, 11) is 0. The van der Waals surface area contributed by atoms with Gasteiger partial charge in [0.05, 0.1) is 0 Å². The van der Waals surface area contributed by atoms with Crippen LogP contribution in [0.15, 0.2) is 0 Å². The van der Waals surface area contributed by atoms with Gasteiger partial charge in [-0.2, -0.15) is 6.42 Å². The Labute approximate surface area is 132 Å². The van der Waals surface area contributed by atoms with E-state index in [-0.39, 0.29) is 51.4 Å². The summed E-state index contributed by atoms with van der Waals surface area (Å²) in [5.74, 6) is 0. The van der Waals surface area contributed by atoms with Crippen LogP contribution in [-0.4, -0.2) is 11.7 Å². The van der Waals surface area contributed by atoms with Crippen LogP contribution in [0.2, 0.25) is 0 Å². The van der Waals surface area contributed by atoms with Crippen molar-refractivity contribution in [2.75, 3.05) is 6.61 Å². The van der Waals surface area contributed by atoms with Crippen LogP contribution in [0, 0.1) is 6.92 Å². The van der Waals surface area contributed by atoms with Crippen LogP contribution in [0.1, 0.15) is 64.2 Å². The standard InChI is InChI=1S/C12H25O.K/c1-2-3-4-5-6-7-8-9-10-11-12-13;/h13H,1-12H2;/q-1;+1. The summed E-state index contributed by atoms with van der Waals surface area (Å²) in [5.41, 5.74) is 0. The maximum Gasteiger partial charge on any atom is 1.00 e. The molecule has 14 heavy (non-hydrogen) atoms. The summed E-state index contributed by atoms with van der Waals surface area (Å²) >= 11 is 0. The Hall–Kier alpha value is 1.60. The van der Waals surface area contributed by atoms with Crippen molar-refractivity contribution < 1.29 is 56.5 Å². The first kappa shape index (κ1) is 18.0. The van der Waals surface area contributed by atoms with E-state index in [1.165, 1.54) is 51.4 Å². The minimum atomic E-state index is 0. The summed E-state index contributed by atoms with van der Waals surface area (Å²) in [4.78, 5) is 0. The Balaban J connectivity index is 0. The number of aliphatic hydroxyl groups excluding tert-OH is 1. The molecule has 0 atom stereocenters. The molecule has 0 saturated carbocycles. The van der Waals surface area contributed by atoms with Crippen LogP contribution in [0.3, 0.4) is 0 Å². The van der Waals surface area contributed by atoms with E-state index >= 15 is 0 Å². The summed E-state index contributed by atoms with van der Waals surface area (Å²) in [5, 5.41) is 8.56. The molecule has 0 unspecified atom stereocenters. The predicted molar refractivity (Wildman–Crippen MR) is 58.6 cm³/mol. The summed E-state index contributed by atoms with van der Waals surface area (Å²) in [6.45, 7) is 4.19. The van der Waals surface area contributed by atoms with E-state index in [0.29, 0.717) is 6.61 Å². The van der Waals surface area contributed by atoms with Gasteiger partial charge in [-0.15, -0.1) is 0 Å². The molecule has 0 rings (SSSR count). The van der Waals surface area contributed by atoms with Gasteiger partial charge >= 0.3 is 51.4 Å². The van der Waals surface area contributed by atoms with Gasteiger partial charge in [-0.3, -0.25) is 0 Å². The average Bonchev–Trinajstić information content (AvgIpc) is 2.16. The second-order valence-electron chi connectivity index (χ2n) is 3.76. The van der Waals surface area contributed by atoms with Crippen molar-refractivity contribution in [1.29, 1.82) is 0 Å². The van der Waals surface area contributed by atoms with Gasteiger partial charge in [-0.05, 0) is 6.42 Å². The quantitative estimate of drug-likeness (QED) is 0.329. The molecule has 0 aliphatic rings. The molecule has 0 radical (unpaired) electrons. The van der Waals surface area contributed by atoms with Gasteiger partial charge in [0.1, 0.15) is 0 Å². The van der Waals surface area contributed by atoms with E-state index < -0.39 is 0 Å². The summed E-state index contributed by atoms with van der Waals surface area (Å²) in [6, 6.07) is 0. The molecule has 0 aliphatic carbocycles. The van der Waals surface area contributed by atoms with E-state index in [1.807, 2.05) is 0 Å². The zero-order valence-corrected chi connectivity index (χ0v) is 13.1. The van der Waals surface area contributed by atoms with E-state index in [2.05, 4.69) is 6.92 Å². The summed E-state index contributed by atoms with van der Waals surface area (Å²) < 4.78 is 0. The fraction of sp³-hybridized carbons (Fsp3) is 0.917. The topological polar surface area (TPSA) is 20.2 Å². The molecule has 80 valence electrons. The van der Waals surface area contributed by atoms with E-state index in [1.54, 1.807) is 0 Å². The minimum absolute atomic E-state index is 0. The molecule has 0 aromatic rings. The normalized spacial score (nSPS) is 9.86. The van der Waals surface area contributed by atoms with Crippen LogP contribution >= 0.6 is 0 Å². The van der Waals surface area contributed by atoms with E-state index in [4.69, 9.17) is 5.11 Å². The third-order valence-electron chi connectivity index (χ3n) is 2.41. The summed E-state index contributed by atoms with van der Waals surface area (Å²) in [6.07, 6.45) is 12.7. The molecule has 0 spiro atoms. The van der Waals surface area contributed by atoms with Gasteiger partial charge < -0.3 is 12.0 Å². The fourth-order valence-electron chi connectivity index (χ4n) is 1.53. The minimum Gasteiger partial charge on any atom is -0.396 e. The molecule has 0 aromatic heterocycles. The van der Waals surface area contributed by atoms with Gasteiger partial charge in [-0.1, -0.05) is 51.4 Å². The molecule has 0 fully saturated rings. The van der Waals surface area contributed by atoms with Crippen molar-refractivity contribution in [2.24, 2.45) is 0 Å². The molecule has 0 aromatic carbocycles. The molecule has 2 heteroatoms. The van der Waals surface area contributed by atoms with Gasteiger partial charge in [0, 0.05) is 6.61 Å². The first-order valence-electron chi connectivity index (χ1n) is 5.82. The largest absolute Gasteiger partial charge is 1.00 e. The van der Waals surface area contributed by atoms with E-state index in [9.17, 15) is 0 Å². The zero-order valence-electron chi connectivity index (χ0n) is 9.93. The van der Waals surface area contributed by atoms with Gasteiger partial charge in [0.2, 0.25) is 0 Å². The van der Waals surface area contributed by atoms with Crippen LogP contribution in [0.25, 0.3) is 0 Å². The number of hydrogen-bond donors (Lipinski definition) is 1. The second kappa shape index (κ2) is 17.0. The Morgan fingerprint density at radius 3 is 1.36 bits per heavy atom. The Morgan fingerprint density at radius 2 is 1.00 bits per heavy atom. The monoisotopic (exact) mass is 224 g/mol. The molecule has 0 amide bonds. The van der Waals surface area contributed by atoms with Gasteiger partial charge in [-0.25, -0.2) is 0 Å². The van der Waals surface area contributed by atoms with Crippen molar-refractivity contribution in [2.45, 2.75) is 64.2 Å². The first-order valence-corrected chi connectivity index (χ1v) is 5.82. The molecule has 1 nitrogen and oxygen atoms in total. The SMILES string of the molecule is [CH2-]CCCCCCCCCCCO.[K+]. The molecule has 0 bridgehead atoms. The molecular formula is C12H25KO. The van der Waals surface area contributed by atoms with Crippen molar-refractivity contribution in [3.63, 3.8) is 0 Å². The predicted octanol–water partition coefficient (Wildman–Crippen LogP) is 0.718. The van der Waals surface area contributed by atoms with E-state index in [0.717, 1.165) is 12.8 Å². The van der Waals surface area contributed by atoms with Gasteiger partial charge in [0.25, 0.3) is 0 Å². The number of unbranched alkanes of at least 4 members (excludes halogenated alkanes) is 9. The average molecular weight is 224 g/mol. The third kappa shape index (κ3) is 16.0. The fourth-order valence-corrected chi connectivity index (χ4v) is 1.53. The smallest absolute Gasteiger partial charge is 0.396 e. The van der Waals surface area contributed by atoms with Crippen LogP contribution in [0.4, 0.5) is 0 Å². The third-order valence-corrected chi connectivity index (χ3v) is 2.41. The maximum absolute atomic E-state index is 8.56. The molecule has 1 N–H and O–H groups in total. The van der Waals surface area contributed by atoms with Crippen molar-refractivity contribution in [3.8, 4) is 0 Å². The van der Waals surface area contributed by atoms with Crippen molar-refractivity contribution in [3.05, 3.63) is 6.92 Å². The van der Waals surface area contributed by atoms with Gasteiger partial charge in [0.15, 0.2) is 0 Å².